The molecule has 0 atom stereocenters. The van der Waals surface area contributed by atoms with Gasteiger partial charge in [0.1, 0.15) is 4.88 Å². The second-order valence-corrected chi connectivity index (χ2v) is 8.18. The number of unbranched alkanes of at least 4 members (excludes halogenated alkanes) is 2. The van der Waals surface area contributed by atoms with Gasteiger partial charge in [0.2, 0.25) is 5.88 Å². The topological polar surface area (TPSA) is 124 Å². The average molecular weight is 450 g/mol. The zero-order chi connectivity index (χ0) is 21.8. The number of nitrogens with zero attached hydrogens (tertiary/aromatic N) is 3. The summed E-state index contributed by atoms with van der Waals surface area (Å²) in [4.78, 5) is 38.5. The molecule has 9 nitrogen and oxygen atoms in total. The number of hydrogen-bond donors (Lipinski definition) is 1. The number of nitro benzene ring substituents is 1. The summed E-state index contributed by atoms with van der Waals surface area (Å²) in [5, 5.41) is 22.4. The molecule has 3 rings (SSSR count). The van der Waals surface area contributed by atoms with Crippen LogP contribution in [0.2, 0.25) is 0 Å². The summed E-state index contributed by atoms with van der Waals surface area (Å²) in [5.74, 6) is -0.964. The lowest BCUT2D eigenvalue weighted by atomic mass is 10.1. The number of thiazole rings is 1. The SMILES string of the molecule is CCOC(=O)CCCCCn1c(O)c(C2=c3cc([N+](=O)[O-])ccc3=NC2=O)sc1=S. The van der Waals surface area contributed by atoms with Crippen LogP contribution in [0.3, 0.4) is 0 Å². The summed E-state index contributed by atoms with van der Waals surface area (Å²) < 4.78 is 6.79. The smallest absolute Gasteiger partial charge is 0.305 e. The van der Waals surface area contributed by atoms with Crippen LogP contribution in [0.25, 0.3) is 5.57 Å². The average Bonchev–Trinajstić information content (AvgIpc) is 3.16. The van der Waals surface area contributed by atoms with Crippen molar-refractivity contribution in [2.24, 2.45) is 4.99 Å². The first-order chi connectivity index (χ1) is 14.3. The molecule has 0 aliphatic carbocycles. The zero-order valence-corrected chi connectivity index (χ0v) is 17.8. The number of benzene rings is 1. The molecule has 0 spiro atoms. The summed E-state index contributed by atoms with van der Waals surface area (Å²) in [6, 6.07) is 3.97. The normalized spacial score (nSPS) is 12.6. The number of carbonyl (C=O) groups is 2. The standard InChI is InChI=1S/C19H19N3O6S2/c1-2-28-14(23)6-4-3-5-9-21-18(25)16(30-19(21)29)15-12-10-11(22(26)27)7-8-13(12)20-17(15)24/h7-8,10,25H,2-6,9H2,1H3. The van der Waals surface area contributed by atoms with Gasteiger partial charge in [-0.05, 0) is 38.0 Å². The number of esters is 1. The highest BCUT2D eigenvalue weighted by Crippen LogP contribution is 2.33. The summed E-state index contributed by atoms with van der Waals surface area (Å²) in [6.07, 6.45) is 2.41. The Morgan fingerprint density at radius 2 is 2.13 bits per heavy atom. The van der Waals surface area contributed by atoms with Crippen molar-refractivity contribution in [3.63, 3.8) is 0 Å². The van der Waals surface area contributed by atoms with E-state index in [1.165, 1.54) is 22.8 Å². The molecule has 158 valence electrons. The van der Waals surface area contributed by atoms with Crippen LogP contribution in [-0.2, 0) is 20.9 Å². The molecule has 2 heterocycles. The van der Waals surface area contributed by atoms with E-state index in [9.17, 15) is 24.8 Å². The van der Waals surface area contributed by atoms with Crippen molar-refractivity contribution >= 4 is 46.7 Å². The molecule has 1 aromatic heterocycles. The number of fused-ring (bicyclic) bond motifs is 1. The van der Waals surface area contributed by atoms with Gasteiger partial charge in [0.25, 0.3) is 11.6 Å². The van der Waals surface area contributed by atoms with Crippen LogP contribution in [0.1, 0.15) is 37.5 Å². The van der Waals surface area contributed by atoms with Gasteiger partial charge >= 0.3 is 5.97 Å². The van der Waals surface area contributed by atoms with Crippen molar-refractivity contribution in [3.8, 4) is 5.88 Å². The van der Waals surface area contributed by atoms with Gasteiger partial charge < -0.3 is 9.84 Å². The maximum Gasteiger partial charge on any atom is 0.305 e. The number of hydrogen-bond acceptors (Lipinski definition) is 8. The molecule has 30 heavy (non-hydrogen) atoms. The molecule has 0 saturated heterocycles. The second kappa shape index (κ2) is 9.26. The molecule has 11 heteroatoms. The van der Waals surface area contributed by atoms with E-state index >= 15 is 0 Å². The monoisotopic (exact) mass is 449 g/mol. The van der Waals surface area contributed by atoms with E-state index in [1.54, 1.807) is 6.92 Å². The first-order valence-electron chi connectivity index (χ1n) is 9.34. The molecule has 1 amide bonds. The molecule has 2 aromatic rings. The third-order valence-electron chi connectivity index (χ3n) is 4.56. The molecule has 1 aliphatic heterocycles. The quantitative estimate of drug-likeness (QED) is 0.205. The van der Waals surface area contributed by atoms with Gasteiger partial charge in [0, 0.05) is 30.3 Å². The lowest BCUT2D eigenvalue weighted by molar-refractivity contribution is -0.385. The fourth-order valence-corrected chi connectivity index (χ4v) is 4.53. The van der Waals surface area contributed by atoms with Crippen molar-refractivity contribution in [3.05, 3.63) is 47.7 Å². The van der Waals surface area contributed by atoms with Crippen molar-refractivity contribution in [2.75, 3.05) is 6.61 Å². The van der Waals surface area contributed by atoms with Crippen molar-refractivity contribution in [1.82, 2.24) is 4.57 Å². The van der Waals surface area contributed by atoms with E-state index in [2.05, 4.69) is 4.99 Å². The molecule has 0 unspecified atom stereocenters. The Kier molecular flexibility index (Phi) is 6.73. The van der Waals surface area contributed by atoms with E-state index in [-0.39, 0.29) is 28.0 Å². The third-order valence-corrected chi connectivity index (χ3v) is 6.02. The van der Waals surface area contributed by atoms with Crippen LogP contribution in [-0.4, -0.2) is 33.1 Å². The molecular formula is C19H19N3O6S2. The van der Waals surface area contributed by atoms with Crippen LogP contribution in [0.15, 0.2) is 23.2 Å². The Morgan fingerprint density at radius 3 is 2.83 bits per heavy atom. The van der Waals surface area contributed by atoms with Crippen LogP contribution in [0.5, 0.6) is 5.88 Å². The number of aromatic nitrogens is 1. The molecule has 0 saturated carbocycles. The van der Waals surface area contributed by atoms with Crippen LogP contribution < -0.4 is 10.6 Å². The van der Waals surface area contributed by atoms with Crippen LogP contribution in [0, 0.1) is 14.1 Å². The Bertz CT molecular complexity index is 1200. The molecule has 1 aliphatic rings. The van der Waals surface area contributed by atoms with Crippen molar-refractivity contribution < 1.29 is 24.4 Å². The first kappa shape index (κ1) is 21.8. The summed E-state index contributed by atoms with van der Waals surface area (Å²) in [6.45, 7) is 2.54. The lowest BCUT2D eigenvalue weighted by Crippen LogP contribution is -2.23. The number of rotatable bonds is 9. The minimum atomic E-state index is -0.571. The lowest BCUT2D eigenvalue weighted by Gasteiger charge is -2.06. The van der Waals surface area contributed by atoms with Gasteiger partial charge in [-0.25, -0.2) is 4.99 Å². The first-order valence-corrected chi connectivity index (χ1v) is 10.6. The van der Waals surface area contributed by atoms with Gasteiger partial charge in [0.15, 0.2) is 3.95 Å². The summed E-state index contributed by atoms with van der Waals surface area (Å²) in [5.41, 5.74) is -0.0522. The number of non-ortho nitro benzene ring substituents is 1. The Hall–Kier alpha value is -2.92. The number of aromatic hydroxyl groups is 1. The predicted molar refractivity (Wildman–Crippen MR) is 111 cm³/mol. The van der Waals surface area contributed by atoms with Crippen molar-refractivity contribution in [2.45, 2.75) is 39.2 Å². The fraction of sp³-hybridized carbons (Fsp3) is 0.368. The van der Waals surface area contributed by atoms with Gasteiger partial charge in [-0.3, -0.25) is 24.3 Å². The van der Waals surface area contributed by atoms with E-state index in [4.69, 9.17) is 17.0 Å². The summed E-state index contributed by atoms with van der Waals surface area (Å²) in [7, 11) is 0. The number of carbonyl (C=O) groups excluding carboxylic acids is 2. The van der Waals surface area contributed by atoms with E-state index in [0.29, 0.717) is 46.9 Å². The van der Waals surface area contributed by atoms with E-state index in [1.807, 2.05) is 0 Å². The maximum absolute atomic E-state index is 12.4. The maximum atomic E-state index is 12.4. The Balaban J connectivity index is 1.83. The van der Waals surface area contributed by atoms with Gasteiger partial charge in [-0.2, -0.15) is 0 Å². The molecule has 0 fully saturated rings. The minimum Gasteiger partial charge on any atom is -0.493 e. The van der Waals surface area contributed by atoms with Crippen LogP contribution >= 0.6 is 23.6 Å². The van der Waals surface area contributed by atoms with E-state index < -0.39 is 10.8 Å². The highest BCUT2D eigenvalue weighted by Gasteiger charge is 2.26. The molecule has 0 bridgehead atoms. The van der Waals surface area contributed by atoms with Gasteiger partial charge in [-0.1, -0.05) is 6.42 Å². The molecular weight excluding hydrogens is 430 g/mol. The molecule has 1 N–H and O–H groups in total. The Labute approximate surface area is 180 Å². The van der Waals surface area contributed by atoms with Crippen molar-refractivity contribution in [1.29, 1.82) is 0 Å². The Morgan fingerprint density at radius 1 is 1.37 bits per heavy atom. The fourth-order valence-electron chi connectivity index (χ4n) is 3.14. The zero-order valence-electron chi connectivity index (χ0n) is 16.1. The van der Waals surface area contributed by atoms with Crippen LogP contribution in [0.4, 0.5) is 5.69 Å². The number of nitro groups is 1. The highest BCUT2D eigenvalue weighted by molar-refractivity contribution is 7.73. The molecule has 0 radical (unpaired) electrons. The van der Waals surface area contributed by atoms with Gasteiger partial charge in [0.05, 0.1) is 22.5 Å². The van der Waals surface area contributed by atoms with Gasteiger partial charge in [-0.15, -0.1) is 11.3 Å². The largest absolute Gasteiger partial charge is 0.493 e. The summed E-state index contributed by atoms with van der Waals surface area (Å²) >= 11 is 6.40. The predicted octanol–water partition coefficient (Wildman–Crippen LogP) is 2.38. The number of ether oxygens (including phenoxy) is 1. The molecule has 1 aromatic carbocycles. The highest BCUT2D eigenvalue weighted by atomic mass is 32.1. The van der Waals surface area contributed by atoms with E-state index in [0.717, 1.165) is 17.8 Å². The number of amides is 1. The third kappa shape index (κ3) is 4.46. The second-order valence-electron chi connectivity index (χ2n) is 6.54. The minimum absolute atomic E-state index is 0.114.